The highest BCUT2D eigenvalue weighted by molar-refractivity contribution is 5.94. The molecule has 1 heterocycles. The minimum absolute atomic E-state index is 0.0281. The molecule has 0 aliphatic carbocycles. The zero-order valence-electron chi connectivity index (χ0n) is 10.5. The molecule has 4 nitrogen and oxygen atoms in total. The van der Waals surface area contributed by atoms with Crippen LogP contribution in [0.4, 0.5) is 0 Å². The largest absolute Gasteiger partial charge is 0.343 e. The Balaban J connectivity index is 2.50. The highest BCUT2D eigenvalue weighted by Crippen LogP contribution is 2.11. The molecular formula is C13H20N2O2. The standard InChI is InChI=1S/C13H20N2O2/c1-4-5-6-7-8-15-9-11(16)14-12(10(2)3)13(15)17/h1,10,12H,5-9H2,2-3H3,(H,14,16). The number of rotatable bonds is 5. The molecule has 0 spiro atoms. The maximum atomic E-state index is 12.0. The molecule has 4 heteroatoms. The van der Waals surface area contributed by atoms with Crippen LogP contribution in [0.3, 0.4) is 0 Å². The molecule has 1 aliphatic rings. The Hall–Kier alpha value is -1.50. The van der Waals surface area contributed by atoms with Gasteiger partial charge in [0.25, 0.3) is 0 Å². The summed E-state index contributed by atoms with van der Waals surface area (Å²) >= 11 is 0. The number of nitrogens with one attached hydrogen (secondary N) is 1. The van der Waals surface area contributed by atoms with Crippen LogP contribution in [-0.2, 0) is 9.59 Å². The van der Waals surface area contributed by atoms with E-state index in [2.05, 4.69) is 11.2 Å². The van der Waals surface area contributed by atoms with E-state index in [1.54, 1.807) is 4.90 Å². The first-order chi connectivity index (χ1) is 8.06. The molecule has 2 amide bonds. The van der Waals surface area contributed by atoms with E-state index in [0.29, 0.717) is 6.54 Å². The normalized spacial score (nSPS) is 20.4. The van der Waals surface area contributed by atoms with Crippen molar-refractivity contribution in [3.63, 3.8) is 0 Å². The Kier molecular flexibility index (Phi) is 5.02. The summed E-state index contributed by atoms with van der Waals surface area (Å²) in [6.07, 6.45) is 7.64. The second kappa shape index (κ2) is 6.29. The van der Waals surface area contributed by atoms with Crippen LogP contribution in [0.25, 0.3) is 0 Å². The Labute approximate surface area is 103 Å². The fourth-order valence-corrected chi connectivity index (χ4v) is 1.90. The van der Waals surface area contributed by atoms with Crippen molar-refractivity contribution in [3.8, 4) is 12.3 Å². The van der Waals surface area contributed by atoms with Gasteiger partial charge in [0.1, 0.15) is 6.04 Å². The minimum atomic E-state index is -0.371. The molecule has 1 atom stereocenters. The summed E-state index contributed by atoms with van der Waals surface area (Å²) in [7, 11) is 0. The van der Waals surface area contributed by atoms with Crippen LogP contribution in [0.15, 0.2) is 0 Å². The minimum Gasteiger partial charge on any atom is -0.343 e. The molecule has 1 fully saturated rings. The monoisotopic (exact) mass is 236 g/mol. The van der Waals surface area contributed by atoms with Gasteiger partial charge in [0, 0.05) is 13.0 Å². The molecule has 0 aromatic heterocycles. The van der Waals surface area contributed by atoms with Gasteiger partial charge in [-0.25, -0.2) is 0 Å². The molecule has 0 bridgehead atoms. The Morgan fingerprint density at radius 1 is 1.47 bits per heavy atom. The van der Waals surface area contributed by atoms with Gasteiger partial charge >= 0.3 is 0 Å². The van der Waals surface area contributed by atoms with Crippen molar-refractivity contribution in [1.29, 1.82) is 0 Å². The van der Waals surface area contributed by atoms with Crippen molar-refractivity contribution in [1.82, 2.24) is 10.2 Å². The number of amides is 2. The van der Waals surface area contributed by atoms with Crippen LogP contribution in [0.1, 0.15) is 33.1 Å². The fourth-order valence-electron chi connectivity index (χ4n) is 1.90. The fraction of sp³-hybridized carbons (Fsp3) is 0.692. The molecule has 1 N–H and O–H groups in total. The average molecular weight is 236 g/mol. The average Bonchev–Trinajstić information content (AvgIpc) is 2.28. The SMILES string of the molecule is C#CCCCCN1CC(=O)NC(C(C)C)C1=O. The topological polar surface area (TPSA) is 49.4 Å². The van der Waals surface area contributed by atoms with E-state index >= 15 is 0 Å². The van der Waals surface area contributed by atoms with Crippen molar-refractivity contribution >= 4 is 11.8 Å². The van der Waals surface area contributed by atoms with E-state index in [1.165, 1.54) is 0 Å². The van der Waals surface area contributed by atoms with Gasteiger partial charge in [-0.3, -0.25) is 9.59 Å². The molecule has 1 saturated heterocycles. The number of nitrogens with zero attached hydrogens (tertiary/aromatic N) is 1. The molecule has 0 aromatic rings. The lowest BCUT2D eigenvalue weighted by atomic mass is 10.0. The van der Waals surface area contributed by atoms with Crippen LogP contribution in [0, 0.1) is 18.3 Å². The zero-order chi connectivity index (χ0) is 12.8. The van der Waals surface area contributed by atoms with Gasteiger partial charge in [0.2, 0.25) is 11.8 Å². The molecule has 94 valence electrons. The summed E-state index contributed by atoms with van der Waals surface area (Å²) in [4.78, 5) is 25.2. The summed E-state index contributed by atoms with van der Waals surface area (Å²) in [6.45, 7) is 4.67. The van der Waals surface area contributed by atoms with Crippen molar-refractivity contribution in [2.75, 3.05) is 13.1 Å². The van der Waals surface area contributed by atoms with Crippen molar-refractivity contribution in [2.24, 2.45) is 5.92 Å². The lowest BCUT2D eigenvalue weighted by Gasteiger charge is -2.34. The second-order valence-corrected chi connectivity index (χ2v) is 4.71. The van der Waals surface area contributed by atoms with E-state index in [1.807, 2.05) is 13.8 Å². The zero-order valence-corrected chi connectivity index (χ0v) is 10.5. The number of piperazine rings is 1. The summed E-state index contributed by atoms with van der Waals surface area (Å²) < 4.78 is 0. The molecule has 1 rings (SSSR count). The number of unbranched alkanes of at least 4 members (excludes halogenated alkanes) is 2. The number of terminal acetylenes is 1. The van der Waals surface area contributed by atoms with Gasteiger partial charge in [0.05, 0.1) is 6.54 Å². The van der Waals surface area contributed by atoms with Gasteiger partial charge in [-0.05, 0) is 18.8 Å². The summed E-state index contributed by atoms with van der Waals surface area (Å²) in [5, 5.41) is 2.73. The molecule has 1 aliphatic heterocycles. The van der Waals surface area contributed by atoms with Crippen molar-refractivity contribution < 1.29 is 9.59 Å². The summed E-state index contributed by atoms with van der Waals surface area (Å²) in [5.74, 6) is 2.65. The number of hydrogen-bond acceptors (Lipinski definition) is 2. The van der Waals surface area contributed by atoms with E-state index < -0.39 is 0 Å². The predicted octanol–water partition coefficient (Wildman–Crippen LogP) is 0.773. The van der Waals surface area contributed by atoms with E-state index in [-0.39, 0.29) is 30.3 Å². The van der Waals surface area contributed by atoms with Crippen LogP contribution in [0.2, 0.25) is 0 Å². The number of hydrogen-bond donors (Lipinski definition) is 1. The third kappa shape index (κ3) is 3.77. The molecule has 0 saturated carbocycles. The van der Waals surface area contributed by atoms with E-state index in [0.717, 1.165) is 19.3 Å². The predicted molar refractivity (Wildman–Crippen MR) is 66.0 cm³/mol. The summed E-state index contributed by atoms with van der Waals surface area (Å²) in [5.41, 5.74) is 0. The molecular weight excluding hydrogens is 216 g/mol. The van der Waals surface area contributed by atoms with Crippen molar-refractivity contribution in [2.45, 2.75) is 39.2 Å². The van der Waals surface area contributed by atoms with E-state index in [9.17, 15) is 9.59 Å². The molecule has 0 radical (unpaired) electrons. The van der Waals surface area contributed by atoms with Crippen LogP contribution < -0.4 is 5.32 Å². The smallest absolute Gasteiger partial charge is 0.245 e. The maximum Gasteiger partial charge on any atom is 0.245 e. The third-order valence-electron chi connectivity index (χ3n) is 2.89. The third-order valence-corrected chi connectivity index (χ3v) is 2.89. The highest BCUT2D eigenvalue weighted by Gasteiger charge is 2.33. The Morgan fingerprint density at radius 3 is 2.76 bits per heavy atom. The number of carbonyl (C=O) groups excluding carboxylic acids is 2. The first-order valence-corrected chi connectivity index (χ1v) is 6.08. The molecule has 17 heavy (non-hydrogen) atoms. The van der Waals surface area contributed by atoms with Gasteiger partial charge in [-0.2, -0.15) is 0 Å². The number of carbonyl (C=O) groups is 2. The molecule has 0 aromatic carbocycles. The van der Waals surface area contributed by atoms with Gasteiger partial charge in [0.15, 0.2) is 0 Å². The van der Waals surface area contributed by atoms with Gasteiger partial charge in [-0.15, -0.1) is 12.3 Å². The maximum absolute atomic E-state index is 12.0. The summed E-state index contributed by atoms with van der Waals surface area (Å²) in [6, 6.07) is -0.371. The van der Waals surface area contributed by atoms with E-state index in [4.69, 9.17) is 6.42 Å². The van der Waals surface area contributed by atoms with Crippen LogP contribution in [0.5, 0.6) is 0 Å². The second-order valence-electron chi connectivity index (χ2n) is 4.71. The first kappa shape index (κ1) is 13.6. The van der Waals surface area contributed by atoms with Crippen LogP contribution >= 0.6 is 0 Å². The van der Waals surface area contributed by atoms with Gasteiger partial charge < -0.3 is 10.2 Å². The van der Waals surface area contributed by atoms with Crippen molar-refractivity contribution in [3.05, 3.63) is 0 Å². The van der Waals surface area contributed by atoms with Crippen LogP contribution in [-0.4, -0.2) is 35.8 Å². The Morgan fingerprint density at radius 2 is 2.18 bits per heavy atom. The highest BCUT2D eigenvalue weighted by atomic mass is 16.2. The van der Waals surface area contributed by atoms with Gasteiger partial charge in [-0.1, -0.05) is 13.8 Å². The quantitative estimate of drug-likeness (QED) is 0.566. The lowest BCUT2D eigenvalue weighted by Crippen LogP contribution is -2.59. The molecule has 1 unspecified atom stereocenters. The lowest BCUT2D eigenvalue weighted by molar-refractivity contribution is -0.145. The first-order valence-electron chi connectivity index (χ1n) is 6.08. The Bertz CT molecular complexity index is 331.